The predicted octanol–water partition coefficient (Wildman–Crippen LogP) is 3.27. The normalized spacial score (nSPS) is 14.1. The lowest BCUT2D eigenvalue weighted by Gasteiger charge is -2.29. The molecule has 3 rings (SSSR count). The molecule has 2 aromatic rings. The predicted molar refractivity (Wildman–Crippen MR) is 100 cm³/mol. The highest BCUT2D eigenvalue weighted by molar-refractivity contribution is 6.31. The fourth-order valence-corrected chi connectivity index (χ4v) is 2.98. The molecule has 27 heavy (non-hydrogen) atoms. The van der Waals surface area contributed by atoms with E-state index in [1.807, 2.05) is 6.07 Å². The van der Waals surface area contributed by atoms with Crippen molar-refractivity contribution in [2.45, 2.75) is 19.4 Å². The first-order valence-electron chi connectivity index (χ1n) is 8.47. The molecule has 140 valence electrons. The number of nitrogens with zero attached hydrogens (tertiary/aromatic N) is 1. The van der Waals surface area contributed by atoms with E-state index in [1.165, 1.54) is 17.9 Å². The quantitative estimate of drug-likeness (QED) is 0.562. The molecule has 0 fully saturated rings. The number of rotatable bonds is 6. The number of esters is 1. The highest BCUT2D eigenvalue weighted by Crippen LogP contribution is 2.31. The number of para-hydroxylation sites is 2. The highest BCUT2D eigenvalue weighted by Gasteiger charge is 2.26. The van der Waals surface area contributed by atoms with Gasteiger partial charge in [0, 0.05) is 17.1 Å². The molecular formula is C20H18ClNO5. The standard InChI is InChI=1S/C20H18ClNO5/c1-13(20(25)14-5-4-6-15(21)11-14)27-19(24)9-10-22-16-7-2-3-8-17(16)26-12-18(22)23/h2-8,11,13H,9-10,12H2,1H3/t13-/m1/s1. The van der Waals surface area contributed by atoms with Crippen molar-refractivity contribution in [2.24, 2.45) is 0 Å². The van der Waals surface area contributed by atoms with E-state index in [9.17, 15) is 14.4 Å². The summed E-state index contributed by atoms with van der Waals surface area (Å²) in [5.74, 6) is -0.534. The van der Waals surface area contributed by atoms with E-state index in [1.54, 1.807) is 36.4 Å². The van der Waals surface area contributed by atoms with E-state index in [0.717, 1.165) is 0 Å². The Morgan fingerprint density at radius 1 is 1.22 bits per heavy atom. The lowest BCUT2D eigenvalue weighted by Crippen LogP contribution is -2.40. The van der Waals surface area contributed by atoms with Crippen molar-refractivity contribution in [2.75, 3.05) is 18.1 Å². The second-order valence-electron chi connectivity index (χ2n) is 6.06. The molecule has 0 aromatic heterocycles. The van der Waals surface area contributed by atoms with Gasteiger partial charge >= 0.3 is 5.97 Å². The second-order valence-corrected chi connectivity index (χ2v) is 6.49. The average molecular weight is 388 g/mol. The maximum absolute atomic E-state index is 12.3. The number of amides is 1. The molecule has 0 bridgehead atoms. The van der Waals surface area contributed by atoms with Gasteiger partial charge in [0.05, 0.1) is 12.1 Å². The first kappa shape index (κ1) is 18.9. The van der Waals surface area contributed by atoms with Crippen LogP contribution in [0.25, 0.3) is 0 Å². The van der Waals surface area contributed by atoms with Crippen LogP contribution in [0.1, 0.15) is 23.7 Å². The first-order chi connectivity index (χ1) is 13.0. The molecule has 2 aromatic carbocycles. The van der Waals surface area contributed by atoms with Gasteiger partial charge in [0.2, 0.25) is 5.78 Å². The minimum atomic E-state index is -0.941. The van der Waals surface area contributed by atoms with Crippen LogP contribution in [0.2, 0.25) is 5.02 Å². The number of carbonyl (C=O) groups is 3. The van der Waals surface area contributed by atoms with Crippen LogP contribution in [-0.4, -0.2) is 36.9 Å². The average Bonchev–Trinajstić information content (AvgIpc) is 2.66. The van der Waals surface area contributed by atoms with Gasteiger partial charge in [-0.25, -0.2) is 0 Å². The topological polar surface area (TPSA) is 72.9 Å². The first-order valence-corrected chi connectivity index (χ1v) is 8.85. The monoisotopic (exact) mass is 387 g/mol. The van der Waals surface area contributed by atoms with Gasteiger partial charge in [-0.05, 0) is 31.2 Å². The van der Waals surface area contributed by atoms with Crippen molar-refractivity contribution in [1.29, 1.82) is 0 Å². The fourth-order valence-electron chi connectivity index (χ4n) is 2.79. The van der Waals surface area contributed by atoms with Gasteiger partial charge < -0.3 is 14.4 Å². The lowest BCUT2D eigenvalue weighted by molar-refractivity contribution is -0.146. The Bertz CT molecular complexity index is 882. The van der Waals surface area contributed by atoms with Gasteiger partial charge in [-0.2, -0.15) is 0 Å². The summed E-state index contributed by atoms with van der Waals surface area (Å²) in [6.45, 7) is 1.59. The minimum Gasteiger partial charge on any atom is -0.482 e. The summed E-state index contributed by atoms with van der Waals surface area (Å²) in [5, 5.41) is 0.434. The van der Waals surface area contributed by atoms with Gasteiger partial charge in [0.1, 0.15) is 5.75 Å². The molecule has 0 saturated carbocycles. The minimum absolute atomic E-state index is 0.0345. The summed E-state index contributed by atoms with van der Waals surface area (Å²) in [6, 6.07) is 13.6. The van der Waals surface area contributed by atoms with Crippen molar-refractivity contribution in [3.05, 3.63) is 59.1 Å². The lowest BCUT2D eigenvalue weighted by atomic mass is 10.1. The fraction of sp³-hybridized carbons (Fsp3) is 0.250. The zero-order valence-electron chi connectivity index (χ0n) is 14.7. The van der Waals surface area contributed by atoms with Gasteiger partial charge in [-0.1, -0.05) is 35.9 Å². The third-order valence-corrected chi connectivity index (χ3v) is 4.37. The van der Waals surface area contributed by atoms with Crippen LogP contribution < -0.4 is 9.64 Å². The number of ether oxygens (including phenoxy) is 2. The van der Waals surface area contributed by atoms with Gasteiger partial charge in [-0.15, -0.1) is 0 Å². The van der Waals surface area contributed by atoms with Gasteiger partial charge in [0.25, 0.3) is 5.91 Å². The number of anilines is 1. The van der Waals surface area contributed by atoms with Crippen LogP contribution in [0.5, 0.6) is 5.75 Å². The number of halogens is 1. The smallest absolute Gasteiger partial charge is 0.308 e. The molecule has 0 unspecified atom stereocenters. The molecule has 0 radical (unpaired) electrons. The Kier molecular flexibility index (Phi) is 5.76. The van der Waals surface area contributed by atoms with Crippen molar-refractivity contribution >= 4 is 34.9 Å². The molecule has 0 N–H and O–H groups in total. The summed E-state index contributed by atoms with van der Waals surface area (Å²) in [6.07, 6.45) is -0.976. The number of Topliss-reactive ketones (excluding diaryl/α,β-unsaturated/α-hetero) is 1. The van der Waals surface area contributed by atoms with Crippen LogP contribution in [-0.2, 0) is 14.3 Å². The van der Waals surface area contributed by atoms with E-state index in [4.69, 9.17) is 21.1 Å². The Morgan fingerprint density at radius 3 is 2.78 bits per heavy atom. The third kappa shape index (κ3) is 4.46. The maximum Gasteiger partial charge on any atom is 0.308 e. The molecule has 1 aliphatic rings. The van der Waals surface area contributed by atoms with Crippen molar-refractivity contribution < 1.29 is 23.9 Å². The molecule has 7 heteroatoms. The SMILES string of the molecule is C[C@@H](OC(=O)CCN1C(=O)COc2ccccc21)C(=O)c1cccc(Cl)c1. The largest absolute Gasteiger partial charge is 0.482 e. The van der Waals surface area contributed by atoms with Crippen molar-refractivity contribution in [3.8, 4) is 5.75 Å². The summed E-state index contributed by atoms with van der Waals surface area (Å²) in [5.41, 5.74) is 0.990. The maximum atomic E-state index is 12.3. The van der Waals surface area contributed by atoms with E-state index in [2.05, 4.69) is 0 Å². The molecule has 1 amide bonds. The summed E-state index contributed by atoms with van der Waals surface area (Å²) in [7, 11) is 0. The molecule has 1 heterocycles. The van der Waals surface area contributed by atoms with Crippen LogP contribution in [0.3, 0.4) is 0 Å². The van der Waals surface area contributed by atoms with E-state index in [0.29, 0.717) is 22.0 Å². The number of ketones is 1. The van der Waals surface area contributed by atoms with Gasteiger partial charge in [-0.3, -0.25) is 14.4 Å². The summed E-state index contributed by atoms with van der Waals surface area (Å²) >= 11 is 5.88. The zero-order valence-corrected chi connectivity index (χ0v) is 15.4. The Hall–Kier alpha value is -2.86. The summed E-state index contributed by atoms with van der Waals surface area (Å²) in [4.78, 5) is 38.1. The Morgan fingerprint density at radius 2 is 2.00 bits per heavy atom. The van der Waals surface area contributed by atoms with Crippen LogP contribution in [0.15, 0.2) is 48.5 Å². The van der Waals surface area contributed by atoms with Crippen LogP contribution in [0.4, 0.5) is 5.69 Å². The van der Waals surface area contributed by atoms with E-state index in [-0.39, 0.29) is 31.3 Å². The number of hydrogen-bond donors (Lipinski definition) is 0. The zero-order chi connectivity index (χ0) is 19.4. The molecule has 0 spiro atoms. The second kappa shape index (κ2) is 8.22. The highest BCUT2D eigenvalue weighted by atomic mass is 35.5. The van der Waals surface area contributed by atoms with Crippen LogP contribution in [0, 0.1) is 0 Å². The molecule has 1 aliphatic heterocycles. The number of fused-ring (bicyclic) bond motifs is 1. The Balaban J connectivity index is 1.58. The summed E-state index contributed by atoms with van der Waals surface area (Å²) < 4.78 is 10.6. The van der Waals surface area contributed by atoms with E-state index >= 15 is 0 Å². The Labute approximate surface area is 161 Å². The number of carbonyl (C=O) groups excluding carboxylic acids is 3. The number of benzene rings is 2. The molecule has 1 atom stereocenters. The molecule has 0 saturated heterocycles. The third-order valence-electron chi connectivity index (χ3n) is 4.13. The van der Waals surface area contributed by atoms with Crippen molar-refractivity contribution in [3.63, 3.8) is 0 Å². The molecule has 0 aliphatic carbocycles. The molecule has 6 nitrogen and oxygen atoms in total. The molecular weight excluding hydrogens is 370 g/mol. The van der Waals surface area contributed by atoms with E-state index < -0.39 is 12.1 Å². The van der Waals surface area contributed by atoms with Crippen molar-refractivity contribution in [1.82, 2.24) is 0 Å². The van der Waals surface area contributed by atoms with Crippen LogP contribution >= 0.6 is 11.6 Å². The van der Waals surface area contributed by atoms with Gasteiger partial charge in [0.15, 0.2) is 12.7 Å². The number of hydrogen-bond acceptors (Lipinski definition) is 5.